The molecule has 3 rings (SSSR count). The van der Waals surface area contributed by atoms with Crippen LogP contribution in [0.25, 0.3) is 0 Å². The van der Waals surface area contributed by atoms with E-state index in [1.807, 2.05) is 0 Å². The van der Waals surface area contributed by atoms with Gasteiger partial charge in [-0.1, -0.05) is 13.8 Å². The monoisotopic (exact) mass is 352 g/mol. The van der Waals surface area contributed by atoms with Crippen molar-refractivity contribution in [3.63, 3.8) is 0 Å². The van der Waals surface area contributed by atoms with E-state index in [1.54, 1.807) is 6.92 Å². The van der Waals surface area contributed by atoms with Crippen LogP contribution < -0.4 is 0 Å². The van der Waals surface area contributed by atoms with Gasteiger partial charge in [0.25, 0.3) is 0 Å². The highest BCUT2D eigenvalue weighted by atomic mass is 19.4. The molecule has 0 spiro atoms. The molecule has 0 amide bonds. The first-order valence-electron chi connectivity index (χ1n) is 7.62. The van der Waals surface area contributed by atoms with Crippen LogP contribution in [-0.2, 0) is 12.7 Å². The third-order valence-electron chi connectivity index (χ3n) is 4.83. The first-order chi connectivity index (χ1) is 10.8. The van der Waals surface area contributed by atoms with Gasteiger partial charge in [0.1, 0.15) is 5.56 Å². The minimum Gasteiger partial charge on any atom is -0.477 e. The van der Waals surface area contributed by atoms with Gasteiger partial charge in [0.15, 0.2) is 5.69 Å². The molecule has 1 N–H and O–H groups in total. The maximum atomic E-state index is 13.4. The maximum absolute atomic E-state index is 13.4. The largest absolute Gasteiger partial charge is 0.477 e. The molecule has 2 aliphatic rings. The second kappa shape index (κ2) is 4.92. The van der Waals surface area contributed by atoms with Crippen LogP contribution in [0.2, 0.25) is 0 Å². The fourth-order valence-electron chi connectivity index (χ4n) is 3.72. The number of rotatable bonds is 4. The van der Waals surface area contributed by atoms with Gasteiger partial charge < -0.3 is 5.11 Å². The summed E-state index contributed by atoms with van der Waals surface area (Å²) in [7, 11) is 0. The van der Waals surface area contributed by atoms with E-state index in [1.165, 1.54) is 6.92 Å². The predicted octanol–water partition coefficient (Wildman–Crippen LogP) is 4.16. The van der Waals surface area contributed by atoms with E-state index in [-0.39, 0.29) is 18.2 Å². The van der Waals surface area contributed by atoms with Crippen molar-refractivity contribution in [2.75, 3.05) is 0 Å². The molecular formula is C15H17F5N2O2. The summed E-state index contributed by atoms with van der Waals surface area (Å²) in [4.78, 5) is 11.4. The van der Waals surface area contributed by atoms with E-state index in [4.69, 9.17) is 0 Å². The van der Waals surface area contributed by atoms with Gasteiger partial charge >= 0.3 is 12.1 Å². The van der Waals surface area contributed by atoms with Crippen LogP contribution in [0, 0.1) is 11.3 Å². The molecule has 0 aromatic carbocycles. The summed E-state index contributed by atoms with van der Waals surface area (Å²) < 4.78 is 67.3. The average molecular weight is 352 g/mol. The van der Waals surface area contributed by atoms with Gasteiger partial charge in [0.2, 0.25) is 5.92 Å². The molecule has 1 heterocycles. The van der Waals surface area contributed by atoms with Gasteiger partial charge in [-0.2, -0.15) is 18.3 Å². The molecule has 2 fully saturated rings. The Hall–Kier alpha value is -1.67. The van der Waals surface area contributed by atoms with Crippen molar-refractivity contribution < 1.29 is 31.9 Å². The molecule has 24 heavy (non-hydrogen) atoms. The lowest BCUT2D eigenvalue weighted by atomic mass is 9.67. The highest BCUT2D eigenvalue weighted by Crippen LogP contribution is 2.54. The van der Waals surface area contributed by atoms with Crippen molar-refractivity contribution in [2.45, 2.75) is 57.7 Å². The van der Waals surface area contributed by atoms with Crippen LogP contribution in [-0.4, -0.2) is 26.8 Å². The highest BCUT2D eigenvalue weighted by Gasteiger charge is 2.55. The van der Waals surface area contributed by atoms with E-state index in [0.717, 1.165) is 4.68 Å². The molecule has 9 heteroatoms. The highest BCUT2D eigenvalue weighted by molar-refractivity contribution is 5.88. The molecule has 1 aromatic heterocycles. The second-order valence-electron chi connectivity index (χ2n) is 7.41. The Bertz CT molecular complexity index is 687. The fraction of sp³-hybridized carbons (Fsp3) is 0.733. The van der Waals surface area contributed by atoms with Crippen LogP contribution in [0.1, 0.15) is 60.8 Å². The number of alkyl halides is 5. The molecule has 2 saturated carbocycles. The van der Waals surface area contributed by atoms with Crippen molar-refractivity contribution in [2.24, 2.45) is 11.3 Å². The number of carboxylic acids is 1. The molecular weight excluding hydrogens is 335 g/mol. The maximum Gasteiger partial charge on any atom is 0.420 e. The summed E-state index contributed by atoms with van der Waals surface area (Å²) in [6.45, 7) is 3.00. The van der Waals surface area contributed by atoms with Crippen LogP contribution in [0.15, 0.2) is 0 Å². The quantitative estimate of drug-likeness (QED) is 0.828. The van der Waals surface area contributed by atoms with Crippen molar-refractivity contribution in [1.29, 1.82) is 0 Å². The van der Waals surface area contributed by atoms with Crippen molar-refractivity contribution in [3.8, 4) is 0 Å². The molecule has 0 aliphatic heterocycles. The van der Waals surface area contributed by atoms with Crippen molar-refractivity contribution in [1.82, 2.24) is 9.78 Å². The van der Waals surface area contributed by atoms with Crippen molar-refractivity contribution >= 4 is 5.97 Å². The Labute approximate surface area is 134 Å². The zero-order chi connectivity index (χ0) is 18.1. The fourth-order valence-corrected chi connectivity index (χ4v) is 3.72. The Morgan fingerprint density at radius 3 is 2.29 bits per heavy atom. The zero-order valence-electron chi connectivity index (χ0n) is 13.1. The standard InChI is InChI=1S/C15H17F5N2O2/c1-7-3-8(7)10-9(15(18,19)20)11(12(23)24)22(21-10)6-13(2)4-14(16,17)5-13/h7-8H,3-6H2,1-2H3,(H,23,24)/t7-,8-/m1/s1. The smallest absolute Gasteiger partial charge is 0.420 e. The lowest BCUT2D eigenvalue weighted by Gasteiger charge is -2.44. The lowest BCUT2D eigenvalue weighted by Crippen LogP contribution is -2.47. The van der Waals surface area contributed by atoms with Gasteiger partial charge in [0, 0.05) is 25.3 Å². The molecule has 134 valence electrons. The molecule has 2 aliphatic carbocycles. The van der Waals surface area contributed by atoms with Gasteiger partial charge in [-0.3, -0.25) is 4.68 Å². The topological polar surface area (TPSA) is 55.1 Å². The number of hydrogen-bond donors (Lipinski definition) is 1. The number of nitrogens with zero attached hydrogens (tertiary/aromatic N) is 2. The third-order valence-corrected chi connectivity index (χ3v) is 4.83. The van der Waals surface area contributed by atoms with Crippen LogP contribution in [0.3, 0.4) is 0 Å². The number of aromatic nitrogens is 2. The summed E-state index contributed by atoms with van der Waals surface area (Å²) in [5.41, 5.74) is -3.43. The molecule has 2 atom stereocenters. The Morgan fingerprint density at radius 2 is 1.92 bits per heavy atom. The van der Waals surface area contributed by atoms with E-state index in [9.17, 15) is 31.9 Å². The van der Waals surface area contributed by atoms with Gasteiger partial charge in [-0.15, -0.1) is 0 Å². The van der Waals surface area contributed by atoms with Crippen LogP contribution in [0.4, 0.5) is 22.0 Å². The first kappa shape index (κ1) is 17.2. The third kappa shape index (κ3) is 2.88. The minimum atomic E-state index is -4.85. The molecule has 0 radical (unpaired) electrons. The summed E-state index contributed by atoms with van der Waals surface area (Å²) >= 11 is 0. The van der Waals surface area contributed by atoms with Crippen molar-refractivity contribution in [3.05, 3.63) is 17.0 Å². The summed E-state index contributed by atoms with van der Waals surface area (Å²) in [6, 6.07) is 0. The Kier molecular flexibility index (Phi) is 3.52. The number of halogens is 5. The van der Waals surface area contributed by atoms with Crippen LogP contribution >= 0.6 is 0 Å². The Morgan fingerprint density at radius 1 is 1.38 bits per heavy atom. The number of aromatic carboxylic acids is 1. The number of carbonyl (C=O) groups is 1. The lowest BCUT2D eigenvalue weighted by molar-refractivity contribution is -0.160. The van der Waals surface area contributed by atoms with E-state index in [2.05, 4.69) is 5.10 Å². The molecule has 0 unspecified atom stereocenters. The number of hydrogen-bond acceptors (Lipinski definition) is 2. The normalized spacial score (nSPS) is 27.6. The molecule has 4 nitrogen and oxygen atoms in total. The van der Waals surface area contributed by atoms with Gasteiger partial charge in [0.05, 0.1) is 5.69 Å². The zero-order valence-corrected chi connectivity index (χ0v) is 13.1. The molecule has 0 saturated heterocycles. The van der Waals surface area contributed by atoms with E-state index < -0.39 is 53.5 Å². The van der Waals surface area contributed by atoms with Crippen LogP contribution in [0.5, 0.6) is 0 Å². The average Bonchev–Trinajstić information content (AvgIpc) is 2.93. The minimum absolute atomic E-state index is 0.000261. The number of carboxylic acid groups (broad SMARTS) is 1. The predicted molar refractivity (Wildman–Crippen MR) is 73.0 cm³/mol. The molecule has 1 aromatic rings. The summed E-state index contributed by atoms with van der Waals surface area (Å²) in [5.74, 6) is -5.04. The summed E-state index contributed by atoms with van der Waals surface area (Å²) in [5, 5.41) is 13.2. The molecule has 0 bridgehead atoms. The van der Waals surface area contributed by atoms with Gasteiger partial charge in [-0.05, 0) is 17.8 Å². The first-order valence-corrected chi connectivity index (χ1v) is 7.62. The second-order valence-corrected chi connectivity index (χ2v) is 7.41. The van der Waals surface area contributed by atoms with E-state index in [0.29, 0.717) is 6.42 Å². The van der Waals surface area contributed by atoms with Gasteiger partial charge in [-0.25, -0.2) is 13.6 Å². The SMILES string of the molecule is C[C@@H]1C[C@H]1c1nn(CC2(C)CC(F)(F)C2)c(C(=O)O)c1C(F)(F)F. The summed E-state index contributed by atoms with van der Waals surface area (Å²) in [6.07, 6.45) is -5.33. The van der Waals surface area contributed by atoms with E-state index >= 15 is 0 Å². The Balaban J connectivity index is 2.03.